The maximum Gasteiger partial charge on any atom is 0.328 e. The van der Waals surface area contributed by atoms with Crippen molar-refractivity contribution in [1.82, 2.24) is 5.32 Å². The molecule has 1 rings (SSSR count). The second-order valence-electron chi connectivity index (χ2n) is 5.07. The summed E-state index contributed by atoms with van der Waals surface area (Å²) in [5.41, 5.74) is 0.954. The molecule has 0 saturated heterocycles. The number of carbonyl (C=O) groups excluding carboxylic acids is 3. The van der Waals surface area contributed by atoms with Crippen molar-refractivity contribution in [2.45, 2.75) is 37.8 Å². The van der Waals surface area contributed by atoms with E-state index in [1.807, 2.05) is 30.3 Å². The molecule has 2 unspecified atom stereocenters. The molecule has 0 fully saturated rings. The Bertz CT molecular complexity index is 531. The van der Waals surface area contributed by atoms with Crippen molar-refractivity contribution < 1.29 is 19.1 Å². The van der Waals surface area contributed by atoms with Gasteiger partial charge in [-0.25, -0.2) is 4.79 Å². The highest BCUT2D eigenvalue weighted by Gasteiger charge is 2.25. The molecular weight excluding hydrogens is 296 g/mol. The lowest BCUT2D eigenvalue weighted by Crippen LogP contribution is -2.46. The number of nitrogens with one attached hydrogen (secondary N) is 1. The van der Waals surface area contributed by atoms with Gasteiger partial charge in [0.2, 0.25) is 5.91 Å². The first-order valence-electron chi connectivity index (χ1n) is 7.44. The Kier molecular flexibility index (Phi) is 8.28. The van der Waals surface area contributed by atoms with Gasteiger partial charge in [0.25, 0.3) is 0 Å². The SMILES string of the molecule is C=NC(Cc1ccccc1)C(=O)NC(CCCC=O)C(=O)OC. The molecule has 0 aliphatic heterocycles. The van der Waals surface area contributed by atoms with Gasteiger partial charge in [-0.1, -0.05) is 30.3 Å². The number of aldehydes is 1. The highest BCUT2D eigenvalue weighted by atomic mass is 16.5. The summed E-state index contributed by atoms with van der Waals surface area (Å²) in [6, 6.07) is 7.97. The fraction of sp³-hybridized carbons (Fsp3) is 0.412. The molecule has 0 aliphatic carbocycles. The number of ether oxygens (including phenoxy) is 1. The quantitative estimate of drug-likeness (QED) is 0.305. The molecule has 1 aromatic carbocycles. The molecule has 6 heteroatoms. The molecule has 0 aliphatic rings. The van der Waals surface area contributed by atoms with Crippen molar-refractivity contribution in [2.24, 2.45) is 4.99 Å². The smallest absolute Gasteiger partial charge is 0.328 e. The van der Waals surface area contributed by atoms with Crippen LogP contribution in [0.4, 0.5) is 0 Å². The largest absolute Gasteiger partial charge is 0.467 e. The van der Waals surface area contributed by atoms with Crippen LogP contribution in [0, 0.1) is 0 Å². The maximum absolute atomic E-state index is 12.3. The zero-order valence-electron chi connectivity index (χ0n) is 13.2. The van der Waals surface area contributed by atoms with Crippen LogP contribution >= 0.6 is 0 Å². The number of methoxy groups -OCH3 is 1. The summed E-state index contributed by atoms with van der Waals surface area (Å²) >= 11 is 0. The summed E-state index contributed by atoms with van der Waals surface area (Å²) in [6.45, 7) is 3.45. The molecule has 0 radical (unpaired) electrons. The summed E-state index contributed by atoms with van der Waals surface area (Å²) in [7, 11) is 1.26. The van der Waals surface area contributed by atoms with Crippen LogP contribution in [-0.4, -0.2) is 44.1 Å². The highest BCUT2D eigenvalue weighted by Crippen LogP contribution is 2.08. The molecular formula is C17H22N2O4. The molecule has 0 bridgehead atoms. The van der Waals surface area contributed by atoms with Gasteiger partial charge in [-0.05, 0) is 25.1 Å². The van der Waals surface area contributed by atoms with E-state index in [4.69, 9.17) is 0 Å². The van der Waals surface area contributed by atoms with E-state index in [0.717, 1.165) is 11.8 Å². The van der Waals surface area contributed by atoms with E-state index < -0.39 is 18.1 Å². The molecule has 0 saturated carbocycles. The number of benzene rings is 1. The van der Waals surface area contributed by atoms with E-state index in [-0.39, 0.29) is 5.91 Å². The number of amides is 1. The summed E-state index contributed by atoms with van der Waals surface area (Å²) in [5, 5.41) is 2.63. The number of nitrogens with zero attached hydrogens (tertiary/aromatic N) is 1. The molecule has 1 N–H and O–H groups in total. The Morgan fingerprint density at radius 1 is 1.35 bits per heavy atom. The molecule has 1 aromatic rings. The second-order valence-corrected chi connectivity index (χ2v) is 5.07. The van der Waals surface area contributed by atoms with Crippen molar-refractivity contribution >= 4 is 24.9 Å². The summed E-state index contributed by atoms with van der Waals surface area (Å²) in [4.78, 5) is 38.3. The zero-order chi connectivity index (χ0) is 17.1. The molecule has 2 atom stereocenters. The first-order valence-corrected chi connectivity index (χ1v) is 7.44. The maximum atomic E-state index is 12.3. The molecule has 1 amide bonds. The average molecular weight is 318 g/mol. The Morgan fingerprint density at radius 2 is 2.04 bits per heavy atom. The van der Waals surface area contributed by atoms with Crippen LogP contribution in [0.1, 0.15) is 24.8 Å². The minimum atomic E-state index is -0.785. The summed E-state index contributed by atoms with van der Waals surface area (Å²) in [5.74, 6) is -0.919. The average Bonchev–Trinajstić information content (AvgIpc) is 2.59. The van der Waals surface area contributed by atoms with Gasteiger partial charge in [0.05, 0.1) is 7.11 Å². The molecule has 124 valence electrons. The van der Waals surface area contributed by atoms with Crippen LogP contribution in [0.3, 0.4) is 0 Å². The highest BCUT2D eigenvalue weighted by molar-refractivity contribution is 5.88. The number of esters is 1. The Morgan fingerprint density at radius 3 is 2.61 bits per heavy atom. The van der Waals surface area contributed by atoms with Crippen LogP contribution in [0.15, 0.2) is 35.3 Å². The van der Waals surface area contributed by atoms with Gasteiger partial charge in [-0.15, -0.1) is 0 Å². The normalized spacial score (nSPS) is 12.7. The lowest BCUT2D eigenvalue weighted by molar-refractivity contribution is -0.145. The third kappa shape index (κ3) is 6.42. The fourth-order valence-corrected chi connectivity index (χ4v) is 2.14. The fourth-order valence-electron chi connectivity index (χ4n) is 2.14. The van der Waals surface area contributed by atoms with E-state index in [1.54, 1.807) is 0 Å². The van der Waals surface area contributed by atoms with E-state index >= 15 is 0 Å². The number of hydrogen-bond donors (Lipinski definition) is 1. The van der Waals surface area contributed by atoms with Gasteiger partial charge in [0, 0.05) is 12.8 Å². The first-order chi connectivity index (χ1) is 11.1. The Balaban J connectivity index is 2.68. The topological polar surface area (TPSA) is 84.8 Å². The van der Waals surface area contributed by atoms with Crippen LogP contribution in [0.25, 0.3) is 0 Å². The lowest BCUT2D eigenvalue weighted by atomic mass is 10.0. The van der Waals surface area contributed by atoms with Crippen molar-refractivity contribution in [3.05, 3.63) is 35.9 Å². The van der Waals surface area contributed by atoms with Gasteiger partial charge in [-0.2, -0.15) is 0 Å². The first kappa shape index (κ1) is 18.5. The van der Waals surface area contributed by atoms with Crippen molar-refractivity contribution in [3.63, 3.8) is 0 Å². The molecule has 6 nitrogen and oxygen atoms in total. The van der Waals surface area contributed by atoms with Crippen LogP contribution < -0.4 is 5.32 Å². The summed E-state index contributed by atoms with van der Waals surface area (Å²) < 4.78 is 4.69. The third-order valence-corrected chi connectivity index (χ3v) is 3.41. The van der Waals surface area contributed by atoms with Crippen molar-refractivity contribution in [3.8, 4) is 0 Å². The predicted molar refractivity (Wildman–Crippen MR) is 87.3 cm³/mol. The summed E-state index contributed by atoms with van der Waals surface area (Å²) in [6.07, 6.45) is 2.34. The van der Waals surface area contributed by atoms with E-state index in [2.05, 4.69) is 21.8 Å². The van der Waals surface area contributed by atoms with E-state index in [1.165, 1.54) is 7.11 Å². The number of hydrogen-bond acceptors (Lipinski definition) is 5. The van der Waals surface area contributed by atoms with Gasteiger partial charge in [0.1, 0.15) is 18.4 Å². The predicted octanol–water partition coefficient (Wildman–Crippen LogP) is 1.33. The Labute approximate surface area is 135 Å². The standard InChI is InChI=1S/C17H22N2O4/c1-18-15(12-13-8-4-3-5-9-13)16(21)19-14(17(22)23-2)10-6-7-11-20/h3-5,8-9,11,14-15H,1,6-7,10,12H2,2H3,(H,19,21). The van der Waals surface area contributed by atoms with Crippen LogP contribution in [0.2, 0.25) is 0 Å². The Hall–Kier alpha value is -2.50. The van der Waals surface area contributed by atoms with Crippen molar-refractivity contribution in [2.75, 3.05) is 7.11 Å². The number of carbonyl (C=O) groups is 3. The third-order valence-electron chi connectivity index (χ3n) is 3.41. The zero-order valence-corrected chi connectivity index (χ0v) is 13.2. The second kappa shape index (κ2) is 10.3. The van der Waals surface area contributed by atoms with E-state index in [9.17, 15) is 14.4 Å². The molecule has 0 heterocycles. The van der Waals surface area contributed by atoms with Gasteiger partial charge in [0.15, 0.2) is 0 Å². The van der Waals surface area contributed by atoms with Gasteiger partial charge < -0.3 is 14.8 Å². The number of aliphatic imine (C=N–C) groups is 1. The van der Waals surface area contributed by atoms with Crippen LogP contribution in [0.5, 0.6) is 0 Å². The van der Waals surface area contributed by atoms with Crippen molar-refractivity contribution in [1.29, 1.82) is 0 Å². The number of rotatable bonds is 10. The molecule has 0 aromatic heterocycles. The van der Waals surface area contributed by atoms with Crippen LogP contribution in [-0.2, 0) is 25.5 Å². The molecule has 0 spiro atoms. The minimum Gasteiger partial charge on any atom is -0.467 e. The van der Waals surface area contributed by atoms with Gasteiger partial charge in [-0.3, -0.25) is 9.79 Å². The van der Waals surface area contributed by atoms with E-state index in [0.29, 0.717) is 25.7 Å². The van der Waals surface area contributed by atoms with Gasteiger partial charge >= 0.3 is 5.97 Å². The monoisotopic (exact) mass is 318 g/mol. The minimum absolute atomic E-state index is 0.330. The number of unbranched alkanes of at least 4 members (excludes halogenated alkanes) is 1. The lowest BCUT2D eigenvalue weighted by Gasteiger charge is -2.19. The molecule has 23 heavy (non-hydrogen) atoms.